The lowest BCUT2D eigenvalue weighted by Gasteiger charge is -1.97. The van der Waals surface area contributed by atoms with Crippen LogP contribution < -0.4 is 0 Å². The number of hydrogen-bond acceptors (Lipinski definition) is 1. The first-order valence-corrected chi connectivity index (χ1v) is 6.14. The topological polar surface area (TPSA) is 17.1 Å². The Morgan fingerprint density at radius 3 is 2.17 bits per heavy atom. The molecule has 0 aliphatic carbocycles. The zero-order valence-electron chi connectivity index (χ0n) is 10.3. The molecule has 18 heavy (non-hydrogen) atoms. The summed E-state index contributed by atoms with van der Waals surface area (Å²) < 4.78 is 0. The highest BCUT2D eigenvalue weighted by Gasteiger charge is 1.90. The van der Waals surface area contributed by atoms with Gasteiger partial charge >= 0.3 is 0 Å². The van der Waals surface area contributed by atoms with Crippen LogP contribution in [0, 0.1) is 0 Å². The van der Waals surface area contributed by atoms with Crippen molar-refractivity contribution in [3.05, 3.63) is 77.4 Å². The number of benzene rings is 2. The van der Waals surface area contributed by atoms with Crippen molar-refractivity contribution in [2.45, 2.75) is 12.8 Å². The summed E-state index contributed by atoms with van der Waals surface area (Å²) in [6.45, 7) is 0. The van der Waals surface area contributed by atoms with E-state index in [-0.39, 0.29) is 0 Å². The van der Waals surface area contributed by atoms with Crippen LogP contribution in [0.25, 0.3) is 6.08 Å². The van der Waals surface area contributed by atoms with E-state index in [1.165, 1.54) is 5.56 Å². The number of carbonyl (C=O) groups excluding carboxylic acids is 1. The summed E-state index contributed by atoms with van der Waals surface area (Å²) >= 11 is 0. The first-order chi connectivity index (χ1) is 8.88. The highest BCUT2D eigenvalue weighted by Crippen LogP contribution is 2.07. The van der Waals surface area contributed by atoms with E-state index in [4.69, 9.17) is 0 Å². The second-order valence-electron chi connectivity index (χ2n) is 4.21. The monoisotopic (exact) mass is 236 g/mol. The van der Waals surface area contributed by atoms with Gasteiger partial charge in [0.2, 0.25) is 0 Å². The molecule has 2 aromatic carbocycles. The fourth-order valence-corrected chi connectivity index (χ4v) is 1.80. The van der Waals surface area contributed by atoms with Gasteiger partial charge in [-0.2, -0.15) is 0 Å². The number of carbonyl (C=O) groups is 1. The Labute approximate surface area is 108 Å². The molecule has 0 fully saturated rings. The first-order valence-electron chi connectivity index (χ1n) is 6.14. The zero-order chi connectivity index (χ0) is 12.6. The molecule has 0 aliphatic rings. The van der Waals surface area contributed by atoms with Crippen molar-refractivity contribution in [2.24, 2.45) is 0 Å². The van der Waals surface area contributed by atoms with E-state index in [2.05, 4.69) is 36.4 Å². The summed E-state index contributed by atoms with van der Waals surface area (Å²) in [7, 11) is 0. The third-order valence-electron chi connectivity index (χ3n) is 2.83. The first kappa shape index (κ1) is 12.3. The maximum absolute atomic E-state index is 10.5. The normalized spacial score (nSPS) is 10.7. The molecule has 2 aromatic rings. The Kier molecular flexibility index (Phi) is 4.48. The Morgan fingerprint density at radius 1 is 0.833 bits per heavy atom. The Morgan fingerprint density at radius 2 is 1.50 bits per heavy atom. The van der Waals surface area contributed by atoms with Gasteiger partial charge in [0.1, 0.15) is 6.29 Å². The minimum absolute atomic E-state index is 0.719. The lowest BCUT2D eigenvalue weighted by atomic mass is 10.1. The van der Waals surface area contributed by atoms with Crippen molar-refractivity contribution in [1.29, 1.82) is 0 Å². The van der Waals surface area contributed by atoms with E-state index in [9.17, 15) is 4.79 Å². The second-order valence-corrected chi connectivity index (χ2v) is 4.21. The van der Waals surface area contributed by atoms with Crippen LogP contribution in [0.2, 0.25) is 0 Å². The van der Waals surface area contributed by atoms with Gasteiger partial charge in [0.25, 0.3) is 0 Å². The summed E-state index contributed by atoms with van der Waals surface area (Å²) in [6, 6.07) is 18.1. The Hall–Kier alpha value is -2.15. The van der Waals surface area contributed by atoms with Gasteiger partial charge in [0.15, 0.2) is 0 Å². The molecule has 1 heteroatoms. The molecule has 0 saturated heterocycles. The second kappa shape index (κ2) is 6.55. The van der Waals surface area contributed by atoms with Crippen LogP contribution in [0.3, 0.4) is 0 Å². The third-order valence-corrected chi connectivity index (χ3v) is 2.83. The van der Waals surface area contributed by atoms with E-state index in [0.29, 0.717) is 0 Å². The van der Waals surface area contributed by atoms with Gasteiger partial charge in [0.05, 0.1) is 0 Å². The predicted molar refractivity (Wildman–Crippen MR) is 75.6 cm³/mol. The standard InChI is InChI=1S/C17H16O/c18-14-17-12-10-16(11-13-17)9-5-4-8-15-6-2-1-3-7-15/h1-3,5-7,9-14H,4,8H2/b9-5+. The molecule has 0 N–H and O–H groups in total. The van der Waals surface area contributed by atoms with Crippen molar-refractivity contribution in [2.75, 3.05) is 0 Å². The maximum Gasteiger partial charge on any atom is 0.150 e. The zero-order valence-corrected chi connectivity index (χ0v) is 10.3. The van der Waals surface area contributed by atoms with Crippen molar-refractivity contribution in [3.8, 4) is 0 Å². The molecule has 1 nitrogen and oxygen atoms in total. The minimum atomic E-state index is 0.719. The average Bonchev–Trinajstić information content (AvgIpc) is 2.45. The largest absolute Gasteiger partial charge is 0.298 e. The fourth-order valence-electron chi connectivity index (χ4n) is 1.80. The van der Waals surface area contributed by atoms with Gasteiger partial charge in [-0.3, -0.25) is 4.79 Å². The molecule has 0 atom stereocenters. The van der Waals surface area contributed by atoms with E-state index in [1.54, 1.807) is 0 Å². The number of aldehydes is 1. The van der Waals surface area contributed by atoms with Gasteiger partial charge in [-0.15, -0.1) is 0 Å². The van der Waals surface area contributed by atoms with Gasteiger partial charge in [-0.05, 0) is 24.0 Å². The number of allylic oxidation sites excluding steroid dienone is 1. The number of aryl methyl sites for hydroxylation is 1. The SMILES string of the molecule is O=Cc1ccc(/C=C/CCc2ccccc2)cc1. The van der Waals surface area contributed by atoms with Crippen LogP contribution >= 0.6 is 0 Å². The van der Waals surface area contributed by atoms with Crippen molar-refractivity contribution >= 4 is 12.4 Å². The van der Waals surface area contributed by atoms with Crippen LogP contribution in [0.1, 0.15) is 27.9 Å². The highest BCUT2D eigenvalue weighted by atomic mass is 16.1. The van der Waals surface area contributed by atoms with E-state index in [0.717, 1.165) is 30.3 Å². The summed E-state index contributed by atoms with van der Waals surface area (Å²) in [5.41, 5.74) is 3.21. The molecule has 2 rings (SSSR count). The lowest BCUT2D eigenvalue weighted by Crippen LogP contribution is -1.82. The van der Waals surface area contributed by atoms with Crippen molar-refractivity contribution in [3.63, 3.8) is 0 Å². The van der Waals surface area contributed by atoms with E-state index in [1.807, 2.05) is 30.3 Å². The average molecular weight is 236 g/mol. The molecule has 0 bridgehead atoms. The lowest BCUT2D eigenvalue weighted by molar-refractivity contribution is 0.112. The van der Waals surface area contributed by atoms with Crippen LogP contribution in [0.4, 0.5) is 0 Å². The van der Waals surface area contributed by atoms with Gasteiger partial charge < -0.3 is 0 Å². The summed E-state index contributed by atoms with van der Waals surface area (Å²) in [6.07, 6.45) is 7.21. The van der Waals surface area contributed by atoms with Crippen LogP contribution in [0.15, 0.2) is 60.7 Å². The number of hydrogen-bond donors (Lipinski definition) is 0. The molecule has 90 valence electrons. The summed E-state index contributed by atoms with van der Waals surface area (Å²) in [5, 5.41) is 0. The maximum atomic E-state index is 10.5. The molecular weight excluding hydrogens is 220 g/mol. The third kappa shape index (κ3) is 3.70. The molecule has 0 amide bonds. The molecule has 0 aromatic heterocycles. The number of rotatable bonds is 5. The molecule has 0 aliphatic heterocycles. The van der Waals surface area contributed by atoms with Crippen LogP contribution in [-0.4, -0.2) is 6.29 Å². The molecule has 0 heterocycles. The Balaban J connectivity index is 1.85. The van der Waals surface area contributed by atoms with Gasteiger partial charge in [0, 0.05) is 5.56 Å². The highest BCUT2D eigenvalue weighted by molar-refractivity contribution is 5.75. The predicted octanol–water partition coefficient (Wildman–Crippen LogP) is 4.15. The fraction of sp³-hybridized carbons (Fsp3) is 0.118. The molecule has 0 spiro atoms. The molecule has 0 unspecified atom stereocenters. The van der Waals surface area contributed by atoms with Gasteiger partial charge in [-0.25, -0.2) is 0 Å². The summed E-state index contributed by atoms with van der Waals surface area (Å²) in [5.74, 6) is 0. The quantitative estimate of drug-likeness (QED) is 0.713. The Bertz CT molecular complexity index is 509. The van der Waals surface area contributed by atoms with Gasteiger partial charge in [-0.1, -0.05) is 66.7 Å². The van der Waals surface area contributed by atoms with E-state index >= 15 is 0 Å². The summed E-state index contributed by atoms with van der Waals surface area (Å²) in [4.78, 5) is 10.5. The van der Waals surface area contributed by atoms with Crippen LogP contribution in [0.5, 0.6) is 0 Å². The smallest absolute Gasteiger partial charge is 0.150 e. The minimum Gasteiger partial charge on any atom is -0.298 e. The molecule has 0 radical (unpaired) electrons. The van der Waals surface area contributed by atoms with Crippen molar-refractivity contribution < 1.29 is 4.79 Å². The van der Waals surface area contributed by atoms with Crippen molar-refractivity contribution in [1.82, 2.24) is 0 Å². The van der Waals surface area contributed by atoms with E-state index < -0.39 is 0 Å². The van der Waals surface area contributed by atoms with Crippen LogP contribution in [-0.2, 0) is 6.42 Å². The molecule has 0 saturated carbocycles. The molecular formula is C17H16O.